The molecule has 1 aliphatic rings. The van der Waals surface area contributed by atoms with Gasteiger partial charge in [0.15, 0.2) is 0 Å². The largest absolute Gasteiger partial charge is 0.379 e. The van der Waals surface area contributed by atoms with Gasteiger partial charge in [-0.3, -0.25) is 0 Å². The van der Waals surface area contributed by atoms with E-state index < -0.39 is 5.91 Å². The summed E-state index contributed by atoms with van der Waals surface area (Å²) in [5.74, 6) is -0.593. The molecule has 1 heterocycles. The van der Waals surface area contributed by atoms with Gasteiger partial charge in [0.1, 0.15) is 0 Å². The quantitative estimate of drug-likeness (QED) is 0.577. The number of morpholine rings is 1. The van der Waals surface area contributed by atoms with Crippen molar-refractivity contribution in [2.24, 2.45) is 0 Å². The van der Waals surface area contributed by atoms with E-state index in [4.69, 9.17) is 14.2 Å². The van der Waals surface area contributed by atoms with Crippen LogP contribution in [-0.2, 0) is 14.2 Å². The minimum Gasteiger partial charge on any atom is -0.379 e. The maximum Gasteiger partial charge on any atom is 0.226 e. The second-order valence-corrected chi connectivity index (χ2v) is 2.91. The predicted octanol–water partition coefficient (Wildman–Crippen LogP) is 0.285. The molecule has 0 aromatic carbocycles. The highest BCUT2D eigenvalue weighted by molar-refractivity contribution is 4.69. The molecular formula is C8H17NO3. The van der Waals surface area contributed by atoms with Gasteiger partial charge in [0.05, 0.1) is 13.2 Å². The number of ether oxygens (including phenoxy) is 3. The Morgan fingerprint density at radius 3 is 2.08 bits per heavy atom. The third kappa shape index (κ3) is 1.95. The van der Waals surface area contributed by atoms with Gasteiger partial charge in [0.25, 0.3) is 0 Å². The van der Waals surface area contributed by atoms with E-state index in [1.54, 1.807) is 14.2 Å². The highest BCUT2D eigenvalue weighted by atomic mass is 16.7. The molecule has 1 rings (SSSR count). The molecule has 0 atom stereocenters. The first-order valence-electron chi connectivity index (χ1n) is 4.16. The van der Waals surface area contributed by atoms with Gasteiger partial charge in [0.2, 0.25) is 5.91 Å². The average Bonchev–Trinajstić information content (AvgIpc) is 2.18. The van der Waals surface area contributed by atoms with Gasteiger partial charge >= 0.3 is 0 Å². The van der Waals surface area contributed by atoms with Crippen LogP contribution in [0.4, 0.5) is 0 Å². The van der Waals surface area contributed by atoms with Crippen LogP contribution in [0, 0.1) is 0 Å². The minimum atomic E-state index is -0.593. The molecule has 0 spiro atoms. The molecule has 1 saturated heterocycles. The molecule has 72 valence electrons. The van der Waals surface area contributed by atoms with Crippen molar-refractivity contribution in [1.82, 2.24) is 4.90 Å². The van der Waals surface area contributed by atoms with E-state index in [2.05, 4.69) is 4.90 Å². The lowest BCUT2D eigenvalue weighted by Crippen LogP contribution is -2.53. The van der Waals surface area contributed by atoms with Crippen LogP contribution in [0.2, 0.25) is 0 Å². The average molecular weight is 175 g/mol. The summed E-state index contributed by atoms with van der Waals surface area (Å²) in [4.78, 5) is 2.12. The van der Waals surface area contributed by atoms with Crippen molar-refractivity contribution in [2.75, 3.05) is 40.5 Å². The fourth-order valence-corrected chi connectivity index (χ4v) is 1.31. The molecule has 0 aromatic rings. The third-order valence-electron chi connectivity index (χ3n) is 2.34. The van der Waals surface area contributed by atoms with Crippen molar-refractivity contribution in [3.05, 3.63) is 0 Å². The highest BCUT2D eigenvalue weighted by Crippen LogP contribution is 2.17. The van der Waals surface area contributed by atoms with Crippen LogP contribution < -0.4 is 0 Å². The predicted molar refractivity (Wildman–Crippen MR) is 44.8 cm³/mol. The molecule has 0 aromatic heterocycles. The summed E-state index contributed by atoms with van der Waals surface area (Å²) in [7, 11) is 3.30. The first-order valence-corrected chi connectivity index (χ1v) is 4.16. The van der Waals surface area contributed by atoms with E-state index in [0.717, 1.165) is 26.3 Å². The number of hydrogen-bond donors (Lipinski definition) is 0. The highest BCUT2D eigenvalue weighted by Gasteiger charge is 2.32. The number of nitrogens with zero attached hydrogens (tertiary/aromatic N) is 1. The topological polar surface area (TPSA) is 30.9 Å². The van der Waals surface area contributed by atoms with Gasteiger partial charge in [-0.15, -0.1) is 0 Å². The summed E-state index contributed by atoms with van der Waals surface area (Å²) in [6, 6.07) is 0. The zero-order chi connectivity index (χ0) is 9.03. The maximum absolute atomic E-state index is 5.27. The van der Waals surface area contributed by atoms with E-state index in [-0.39, 0.29) is 0 Å². The van der Waals surface area contributed by atoms with Gasteiger partial charge in [-0.2, -0.15) is 0 Å². The van der Waals surface area contributed by atoms with Crippen LogP contribution >= 0.6 is 0 Å². The normalized spacial score (nSPS) is 21.2. The van der Waals surface area contributed by atoms with Crippen molar-refractivity contribution < 1.29 is 14.2 Å². The fraction of sp³-hybridized carbons (Fsp3) is 1.00. The van der Waals surface area contributed by atoms with Crippen LogP contribution in [0.5, 0.6) is 0 Å². The first kappa shape index (κ1) is 9.92. The Labute approximate surface area is 73.4 Å². The zero-order valence-corrected chi connectivity index (χ0v) is 8.00. The summed E-state index contributed by atoms with van der Waals surface area (Å²) >= 11 is 0. The van der Waals surface area contributed by atoms with E-state index in [0.29, 0.717) is 0 Å². The Balaban J connectivity index is 2.51. The van der Waals surface area contributed by atoms with E-state index >= 15 is 0 Å². The molecule has 4 nitrogen and oxygen atoms in total. The van der Waals surface area contributed by atoms with Gasteiger partial charge in [-0.25, -0.2) is 4.90 Å². The molecule has 0 bridgehead atoms. The van der Waals surface area contributed by atoms with Crippen LogP contribution in [-0.4, -0.2) is 51.3 Å². The molecule has 0 N–H and O–H groups in total. The smallest absolute Gasteiger partial charge is 0.226 e. The Kier molecular flexibility index (Phi) is 3.46. The van der Waals surface area contributed by atoms with Crippen molar-refractivity contribution in [1.29, 1.82) is 0 Å². The second kappa shape index (κ2) is 4.18. The summed E-state index contributed by atoms with van der Waals surface area (Å²) in [6.45, 7) is 5.14. The van der Waals surface area contributed by atoms with Gasteiger partial charge < -0.3 is 14.2 Å². The van der Waals surface area contributed by atoms with E-state index in [9.17, 15) is 0 Å². The Morgan fingerprint density at radius 1 is 1.17 bits per heavy atom. The molecule has 0 unspecified atom stereocenters. The molecule has 0 radical (unpaired) electrons. The molecule has 4 heteroatoms. The Morgan fingerprint density at radius 2 is 1.67 bits per heavy atom. The minimum absolute atomic E-state index is 0.593. The molecule has 0 aliphatic carbocycles. The van der Waals surface area contributed by atoms with Crippen molar-refractivity contribution in [3.8, 4) is 0 Å². The summed E-state index contributed by atoms with van der Waals surface area (Å²) in [6.07, 6.45) is 0. The lowest BCUT2D eigenvalue weighted by Gasteiger charge is -2.40. The lowest BCUT2D eigenvalue weighted by atomic mass is 10.3. The van der Waals surface area contributed by atoms with E-state index in [1.807, 2.05) is 6.92 Å². The summed E-state index contributed by atoms with van der Waals surface area (Å²) < 4.78 is 15.8. The number of methoxy groups -OCH3 is 2. The van der Waals surface area contributed by atoms with Gasteiger partial charge in [-0.05, 0) is 0 Å². The Hall–Kier alpha value is -0.160. The molecule has 1 fully saturated rings. The monoisotopic (exact) mass is 175 g/mol. The molecule has 0 amide bonds. The molecule has 12 heavy (non-hydrogen) atoms. The number of rotatable bonds is 3. The lowest BCUT2D eigenvalue weighted by molar-refractivity contribution is -0.293. The summed E-state index contributed by atoms with van der Waals surface area (Å²) in [5, 5.41) is 0. The van der Waals surface area contributed by atoms with Crippen LogP contribution in [0.25, 0.3) is 0 Å². The van der Waals surface area contributed by atoms with Crippen LogP contribution in [0.1, 0.15) is 6.92 Å². The van der Waals surface area contributed by atoms with Crippen molar-refractivity contribution in [2.45, 2.75) is 12.8 Å². The van der Waals surface area contributed by atoms with Crippen molar-refractivity contribution in [3.63, 3.8) is 0 Å². The molecule has 1 aliphatic heterocycles. The zero-order valence-electron chi connectivity index (χ0n) is 8.00. The second-order valence-electron chi connectivity index (χ2n) is 2.91. The maximum atomic E-state index is 5.27. The first-order chi connectivity index (χ1) is 5.73. The standard InChI is InChI=1S/C8H17NO3/c1-8(10-2,11-3)9-4-6-12-7-5-9/h4-7H2,1-3H3. The SMILES string of the molecule is COC(C)(OC)N1CCOCC1. The van der Waals surface area contributed by atoms with Crippen molar-refractivity contribution >= 4 is 0 Å². The van der Waals surface area contributed by atoms with Gasteiger partial charge in [0, 0.05) is 34.2 Å². The van der Waals surface area contributed by atoms with Crippen LogP contribution in [0.15, 0.2) is 0 Å². The molecule has 0 saturated carbocycles. The third-order valence-corrected chi connectivity index (χ3v) is 2.34. The van der Waals surface area contributed by atoms with E-state index in [1.165, 1.54) is 0 Å². The summed E-state index contributed by atoms with van der Waals surface area (Å²) in [5.41, 5.74) is 0. The number of hydrogen-bond acceptors (Lipinski definition) is 4. The Bertz CT molecular complexity index is 130. The fourth-order valence-electron chi connectivity index (χ4n) is 1.31. The van der Waals surface area contributed by atoms with Gasteiger partial charge in [-0.1, -0.05) is 0 Å². The molecular weight excluding hydrogens is 158 g/mol. The van der Waals surface area contributed by atoms with Crippen LogP contribution in [0.3, 0.4) is 0 Å².